The average molecular weight is 387 g/mol. The summed E-state index contributed by atoms with van der Waals surface area (Å²) in [7, 11) is -1.54. The minimum Gasteiger partial charge on any atom is -0.337 e. The summed E-state index contributed by atoms with van der Waals surface area (Å²) >= 11 is 0. The van der Waals surface area contributed by atoms with Gasteiger partial charge in [-0.2, -0.15) is 0 Å². The maximum absolute atomic E-state index is 12.9. The molecule has 144 valence electrons. The van der Waals surface area contributed by atoms with Crippen LogP contribution in [0.5, 0.6) is 0 Å². The van der Waals surface area contributed by atoms with Crippen molar-refractivity contribution in [1.82, 2.24) is 4.90 Å². The maximum Gasteiger partial charge on any atom is 0.253 e. The fourth-order valence-electron chi connectivity index (χ4n) is 3.45. The molecule has 1 amide bonds. The van der Waals surface area contributed by atoms with E-state index >= 15 is 0 Å². The highest BCUT2D eigenvalue weighted by molar-refractivity contribution is 7.92. The van der Waals surface area contributed by atoms with Crippen molar-refractivity contribution in [1.29, 1.82) is 0 Å². The third kappa shape index (κ3) is 4.33. The van der Waals surface area contributed by atoms with Crippen molar-refractivity contribution in [2.75, 3.05) is 23.7 Å². The molecule has 0 saturated carbocycles. The largest absolute Gasteiger partial charge is 0.337 e. The Morgan fingerprint density at radius 1 is 1.11 bits per heavy atom. The average Bonchev–Trinajstić information content (AvgIpc) is 2.61. The minimum atomic E-state index is -3.31. The van der Waals surface area contributed by atoms with Crippen LogP contribution in [0.1, 0.15) is 39.9 Å². The van der Waals surface area contributed by atoms with Crippen LogP contribution in [0.25, 0.3) is 0 Å². The van der Waals surface area contributed by atoms with E-state index in [0.29, 0.717) is 30.8 Å². The Bertz CT molecular complexity index is 954. The Hall–Kier alpha value is -2.34. The summed E-state index contributed by atoms with van der Waals surface area (Å²) in [6, 6.07) is 13.4. The van der Waals surface area contributed by atoms with Gasteiger partial charge in [0, 0.05) is 25.7 Å². The number of carbonyl (C=O) groups is 1. The van der Waals surface area contributed by atoms with Gasteiger partial charge in [0.15, 0.2) is 0 Å². The topological polar surface area (TPSA) is 57.7 Å². The van der Waals surface area contributed by atoms with Crippen molar-refractivity contribution in [2.45, 2.75) is 33.2 Å². The molecular formula is C21H26N2O3S. The molecule has 0 unspecified atom stereocenters. The fraction of sp³-hybridized carbons (Fsp3) is 0.381. The quantitative estimate of drug-likeness (QED) is 0.808. The second kappa shape index (κ2) is 7.72. The van der Waals surface area contributed by atoms with E-state index in [1.54, 1.807) is 24.1 Å². The zero-order chi connectivity index (χ0) is 19.6. The van der Waals surface area contributed by atoms with Gasteiger partial charge in [0.2, 0.25) is 10.0 Å². The molecular weight excluding hydrogens is 360 g/mol. The highest BCUT2D eigenvalue weighted by Gasteiger charge is 2.28. The lowest BCUT2D eigenvalue weighted by Gasteiger charge is -2.30. The summed E-state index contributed by atoms with van der Waals surface area (Å²) < 4.78 is 26.4. The Morgan fingerprint density at radius 3 is 2.59 bits per heavy atom. The van der Waals surface area contributed by atoms with Gasteiger partial charge in [-0.1, -0.05) is 35.9 Å². The van der Waals surface area contributed by atoms with Crippen molar-refractivity contribution in [2.24, 2.45) is 0 Å². The normalized spacial score (nSPS) is 16.2. The molecule has 0 aromatic heterocycles. The van der Waals surface area contributed by atoms with E-state index in [4.69, 9.17) is 0 Å². The second-order valence-corrected chi connectivity index (χ2v) is 9.26. The van der Waals surface area contributed by atoms with Crippen molar-refractivity contribution in [3.05, 3.63) is 64.7 Å². The van der Waals surface area contributed by atoms with Crippen molar-refractivity contribution >= 4 is 21.6 Å². The molecule has 2 aromatic rings. The number of carbonyl (C=O) groups excluding carboxylic acids is 1. The predicted octanol–water partition coefficient (Wildman–Crippen LogP) is 3.51. The van der Waals surface area contributed by atoms with Gasteiger partial charge in [-0.05, 0) is 49.9 Å². The molecule has 2 aromatic carbocycles. The van der Waals surface area contributed by atoms with Gasteiger partial charge in [0.1, 0.15) is 0 Å². The maximum atomic E-state index is 12.9. The van der Waals surface area contributed by atoms with Crippen LogP contribution in [-0.4, -0.2) is 38.6 Å². The van der Waals surface area contributed by atoms with Gasteiger partial charge in [-0.3, -0.25) is 9.10 Å². The summed E-state index contributed by atoms with van der Waals surface area (Å²) in [5.41, 5.74) is 4.20. The van der Waals surface area contributed by atoms with Crippen LogP contribution >= 0.6 is 0 Å². The van der Waals surface area contributed by atoms with Gasteiger partial charge in [0.05, 0.1) is 11.4 Å². The van der Waals surface area contributed by atoms with Crippen molar-refractivity contribution < 1.29 is 13.2 Å². The lowest BCUT2D eigenvalue weighted by Crippen LogP contribution is -2.38. The van der Waals surface area contributed by atoms with Crippen LogP contribution in [-0.2, 0) is 16.6 Å². The molecule has 1 fully saturated rings. The SMILES string of the molecule is Cc1cccc(CN(C)C(=O)c2ccc(C)c(N3CCCCS3(=O)=O)c2)c1. The Morgan fingerprint density at radius 2 is 1.89 bits per heavy atom. The molecule has 0 N–H and O–H groups in total. The number of amides is 1. The van der Waals surface area contributed by atoms with E-state index in [2.05, 4.69) is 6.07 Å². The molecule has 5 nitrogen and oxygen atoms in total. The minimum absolute atomic E-state index is 0.118. The molecule has 3 rings (SSSR count). The Kier molecular flexibility index (Phi) is 5.56. The monoisotopic (exact) mass is 386 g/mol. The summed E-state index contributed by atoms with van der Waals surface area (Å²) in [6.07, 6.45) is 1.53. The highest BCUT2D eigenvalue weighted by Crippen LogP contribution is 2.28. The van der Waals surface area contributed by atoms with Crippen molar-refractivity contribution in [3.63, 3.8) is 0 Å². The number of hydrogen-bond acceptors (Lipinski definition) is 3. The first kappa shape index (κ1) is 19.4. The Balaban J connectivity index is 1.85. The molecule has 1 heterocycles. The molecule has 1 aliphatic rings. The summed E-state index contributed by atoms with van der Waals surface area (Å²) in [6.45, 7) is 4.88. The smallest absolute Gasteiger partial charge is 0.253 e. The zero-order valence-corrected chi connectivity index (χ0v) is 16.9. The van der Waals surface area contributed by atoms with E-state index < -0.39 is 10.0 Å². The van der Waals surface area contributed by atoms with E-state index in [-0.39, 0.29) is 11.7 Å². The first-order chi connectivity index (χ1) is 12.8. The van der Waals surface area contributed by atoms with E-state index in [1.165, 1.54) is 4.31 Å². The number of hydrogen-bond donors (Lipinski definition) is 0. The lowest BCUT2D eigenvalue weighted by molar-refractivity contribution is 0.0785. The van der Waals surface area contributed by atoms with E-state index in [0.717, 1.165) is 23.1 Å². The summed E-state index contributed by atoms with van der Waals surface area (Å²) in [5, 5.41) is 0. The third-order valence-corrected chi connectivity index (χ3v) is 6.78. The van der Waals surface area contributed by atoms with Gasteiger partial charge >= 0.3 is 0 Å². The number of rotatable bonds is 4. The molecule has 0 spiro atoms. The summed E-state index contributed by atoms with van der Waals surface area (Å²) in [4.78, 5) is 14.6. The van der Waals surface area contributed by atoms with E-state index in [1.807, 2.05) is 38.1 Å². The molecule has 1 aliphatic heterocycles. The summed E-state index contributed by atoms with van der Waals surface area (Å²) in [5.74, 6) is 0.0462. The number of aryl methyl sites for hydroxylation is 2. The molecule has 0 atom stereocenters. The standard InChI is InChI=1S/C21H26N2O3S/c1-16-7-6-8-18(13-16)15-22(3)21(24)19-10-9-17(2)20(14-19)23-11-4-5-12-27(23,25)26/h6-10,13-14H,4-5,11-12,15H2,1-3H3. The van der Waals surface area contributed by atoms with Crippen LogP contribution < -0.4 is 4.31 Å². The molecule has 27 heavy (non-hydrogen) atoms. The van der Waals surface area contributed by atoms with Crippen LogP contribution in [0.15, 0.2) is 42.5 Å². The highest BCUT2D eigenvalue weighted by atomic mass is 32.2. The van der Waals surface area contributed by atoms with Crippen LogP contribution in [0.4, 0.5) is 5.69 Å². The first-order valence-corrected chi connectivity index (χ1v) is 10.8. The fourth-order valence-corrected chi connectivity index (χ4v) is 5.14. The van der Waals surface area contributed by atoms with Crippen LogP contribution in [0, 0.1) is 13.8 Å². The van der Waals surface area contributed by atoms with Gasteiger partial charge < -0.3 is 4.90 Å². The zero-order valence-electron chi connectivity index (χ0n) is 16.1. The molecule has 1 saturated heterocycles. The number of benzene rings is 2. The van der Waals surface area contributed by atoms with Crippen LogP contribution in [0.3, 0.4) is 0 Å². The van der Waals surface area contributed by atoms with Gasteiger partial charge in [-0.15, -0.1) is 0 Å². The second-order valence-electron chi connectivity index (χ2n) is 7.25. The number of nitrogens with zero attached hydrogens (tertiary/aromatic N) is 2. The molecule has 0 bridgehead atoms. The molecule has 6 heteroatoms. The van der Waals surface area contributed by atoms with Crippen molar-refractivity contribution in [3.8, 4) is 0 Å². The number of sulfonamides is 1. The number of anilines is 1. The Labute approximate surface area is 161 Å². The first-order valence-electron chi connectivity index (χ1n) is 9.20. The van der Waals surface area contributed by atoms with Gasteiger partial charge in [0.25, 0.3) is 5.91 Å². The predicted molar refractivity (Wildman–Crippen MR) is 109 cm³/mol. The van der Waals surface area contributed by atoms with E-state index in [9.17, 15) is 13.2 Å². The van der Waals surface area contributed by atoms with Gasteiger partial charge in [-0.25, -0.2) is 8.42 Å². The molecule has 0 radical (unpaired) electrons. The van der Waals surface area contributed by atoms with Crippen LogP contribution in [0.2, 0.25) is 0 Å². The third-order valence-electron chi connectivity index (χ3n) is 4.92. The lowest BCUT2D eigenvalue weighted by atomic mass is 10.1. The molecule has 0 aliphatic carbocycles.